The minimum Gasteiger partial charge on any atom is -0.496 e. The fourth-order valence-corrected chi connectivity index (χ4v) is 2.31. The van der Waals surface area contributed by atoms with Gasteiger partial charge in [-0.15, -0.1) is 0 Å². The highest BCUT2D eigenvalue weighted by Crippen LogP contribution is 2.30. The van der Waals surface area contributed by atoms with Crippen molar-refractivity contribution in [2.24, 2.45) is 0 Å². The number of para-hydroxylation sites is 1. The molecule has 0 bridgehead atoms. The molecule has 0 spiro atoms. The average Bonchev–Trinajstić information content (AvgIpc) is 2.59. The van der Waals surface area contributed by atoms with Crippen LogP contribution in [0.25, 0.3) is 0 Å². The van der Waals surface area contributed by atoms with Crippen LogP contribution in [0.2, 0.25) is 0 Å². The van der Waals surface area contributed by atoms with Crippen LogP contribution in [-0.4, -0.2) is 26.2 Å². The highest BCUT2D eigenvalue weighted by molar-refractivity contribution is 5.94. The first kappa shape index (κ1) is 14.3. The molecule has 1 N–H and O–H groups in total. The zero-order chi connectivity index (χ0) is 15.4. The van der Waals surface area contributed by atoms with Crippen LogP contribution in [0.5, 0.6) is 17.2 Å². The molecule has 0 radical (unpaired) electrons. The topological polar surface area (TPSA) is 56.8 Å². The molecule has 1 amide bonds. The molecule has 1 heterocycles. The maximum atomic E-state index is 12.3. The number of carbonyl (C=O) groups is 1. The van der Waals surface area contributed by atoms with Gasteiger partial charge in [-0.3, -0.25) is 4.79 Å². The molecule has 0 unspecified atom stereocenters. The van der Waals surface area contributed by atoms with Crippen molar-refractivity contribution in [3.63, 3.8) is 0 Å². The van der Waals surface area contributed by atoms with E-state index in [9.17, 15) is 4.79 Å². The molecular formula is C17H17NO4. The van der Waals surface area contributed by atoms with Crippen molar-refractivity contribution in [3.05, 3.63) is 53.6 Å². The number of methoxy groups -OCH3 is 1. The number of fused-ring (bicyclic) bond motifs is 1. The maximum absolute atomic E-state index is 12.3. The Morgan fingerprint density at radius 1 is 1.14 bits per heavy atom. The molecule has 0 fully saturated rings. The third-order valence-electron chi connectivity index (χ3n) is 3.44. The van der Waals surface area contributed by atoms with E-state index in [0.29, 0.717) is 36.8 Å². The van der Waals surface area contributed by atoms with Crippen LogP contribution in [0, 0.1) is 0 Å². The summed E-state index contributed by atoms with van der Waals surface area (Å²) in [7, 11) is 1.61. The molecule has 1 aliphatic heterocycles. The number of hydrogen-bond acceptors (Lipinski definition) is 4. The molecule has 0 saturated heterocycles. The molecule has 114 valence electrons. The first-order valence-corrected chi connectivity index (χ1v) is 7.07. The van der Waals surface area contributed by atoms with Gasteiger partial charge in [0.05, 0.1) is 7.11 Å². The number of amides is 1. The van der Waals surface area contributed by atoms with Gasteiger partial charge >= 0.3 is 0 Å². The maximum Gasteiger partial charge on any atom is 0.251 e. The minimum atomic E-state index is -0.164. The summed E-state index contributed by atoms with van der Waals surface area (Å²) in [6, 6.07) is 12.8. The summed E-state index contributed by atoms with van der Waals surface area (Å²) in [5.41, 5.74) is 1.47. The molecule has 2 aromatic carbocycles. The molecule has 5 heteroatoms. The normalized spacial score (nSPS) is 12.6. The highest BCUT2D eigenvalue weighted by Gasteiger charge is 2.15. The van der Waals surface area contributed by atoms with E-state index in [1.54, 1.807) is 25.3 Å². The molecule has 0 saturated carbocycles. The summed E-state index contributed by atoms with van der Waals surface area (Å²) in [6.45, 7) is 1.43. The molecule has 0 aromatic heterocycles. The van der Waals surface area contributed by atoms with E-state index >= 15 is 0 Å². The lowest BCUT2D eigenvalue weighted by molar-refractivity contribution is 0.0949. The smallest absolute Gasteiger partial charge is 0.251 e. The number of benzene rings is 2. The van der Waals surface area contributed by atoms with Gasteiger partial charge in [0.1, 0.15) is 19.0 Å². The van der Waals surface area contributed by atoms with Crippen LogP contribution in [0.15, 0.2) is 42.5 Å². The van der Waals surface area contributed by atoms with E-state index < -0.39 is 0 Å². The van der Waals surface area contributed by atoms with Gasteiger partial charge in [0, 0.05) is 17.7 Å². The molecule has 3 rings (SSSR count). The monoisotopic (exact) mass is 299 g/mol. The summed E-state index contributed by atoms with van der Waals surface area (Å²) in [5.74, 6) is 1.87. The van der Waals surface area contributed by atoms with Crippen LogP contribution in [0.4, 0.5) is 0 Å². The predicted molar refractivity (Wildman–Crippen MR) is 81.6 cm³/mol. The van der Waals surface area contributed by atoms with Crippen molar-refractivity contribution in [3.8, 4) is 17.2 Å². The second kappa shape index (κ2) is 6.39. The molecular weight excluding hydrogens is 282 g/mol. The fraction of sp³-hybridized carbons (Fsp3) is 0.235. The lowest BCUT2D eigenvalue weighted by Crippen LogP contribution is -2.23. The van der Waals surface area contributed by atoms with Crippen molar-refractivity contribution < 1.29 is 19.0 Å². The first-order valence-electron chi connectivity index (χ1n) is 7.07. The molecule has 22 heavy (non-hydrogen) atoms. The van der Waals surface area contributed by atoms with Crippen LogP contribution < -0.4 is 19.5 Å². The standard InChI is InChI=1S/C17H17NO4/c1-20-14-5-3-2-4-13(14)11-18-17(19)12-6-7-15-16(10-12)22-9-8-21-15/h2-7,10H,8-9,11H2,1H3,(H,18,19). The Kier molecular flexibility index (Phi) is 4.14. The van der Waals surface area contributed by atoms with Gasteiger partial charge in [0.15, 0.2) is 11.5 Å². The van der Waals surface area contributed by atoms with Gasteiger partial charge in [-0.05, 0) is 24.3 Å². The van der Waals surface area contributed by atoms with E-state index in [0.717, 1.165) is 11.3 Å². The third kappa shape index (κ3) is 2.98. The second-order valence-corrected chi connectivity index (χ2v) is 4.85. The summed E-state index contributed by atoms with van der Waals surface area (Å²) >= 11 is 0. The molecule has 2 aromatic rings. The highest BCUT2D eigenvalue weighted by atomic mass is 16.6. The lowest BCUT2D eigenvalue weighted by Gasteiger charge is -2.18. The van der Waals surface area contributed by atoms with E-state index in [2.05, 4.69) is 5.32 Å². The van der Waals surface area contributed by atoms with Gasteiger partial charge in [-0.25, -0.2) is 0 Å². The van der Waals surface area contributed by atoms with E-state index in [-0.39, 0.29) is 5.91 Å². The van der Waals surface area contributed by atoms with Gasteiger partial charge in [0.25, 0.3) is 5.91 Å². The van der Waals surface area contributed by atoms with Crippen molar-refractivity contribution in [2.45, 2.75) is 6.54 Å². The minimum absolute atomic E-state index is 0.164. The lowest BCUT2D eigenvalue weighted by atomic mass is 10.1. The summed E-state index contributed by atoms with van der Waals surface area (Å²) in [6.07, 6.45) is 0. The number of nitrogens with one attached hydrogen (secondary N) is 1. The summed E-state index contributed by atoms with van der Waals surface area (Å²) < 4.78 is 16.2. The van der Waals surface area contributed by atoms with Gasteiger partial charge in [-0.1, -0.05) is 18.2 Å². The average molecular weight is 299 g/mol. The Labute approximate surface area is 128 Å². The molecule has 1 aliphatic rings. The Morgan fingerprint density at radius 2 is 1.91 bits per heavy atom. The zero-order valence-electron chi connectivity index (χ0n) is 12.3. The number of ether oxygens (including phenoxy) is 3. The number of carbonyl (C=O) groups excluding carboxylic acids is 1. The zero-order valence-corrected chi connectivity index (χ0v) is 12.3. The van der Waals surface area contributed by atoms with Gasteiger partial charge in [-0.2, -0.15) is 0 Å². The van der Waals surface area contributed by atoms with Crippen molar-refractivity contribution >= 4 is 5.91 Å². The second-order valence-electron chi connectivity index (χ2n) is 4.85. The summed E-state index contributed by atoms with van der Waals surface area (Å²) in [5, 5.41) is 2.88. The largest absolute Gasteiger partial charge is 0.496 e. The molecule has 5 nitrogen and oxygen atoms in total. The van der Waals surface area contributed by atoms with Crippen LogP contribution in [0.1, 0.15) is 15.9 Å². The first-order chi connectivity index (χ1) is 10.8. The van der Waals surface area contributed by atoms with Crippen molar-refractivity contribution in [1.29, 1.82) is 0 Å². The van der Waals surface area contributed by atoms with E-state index in [1.165, 1.54) is 0 Å². The van der Waals surface area contributed by atoms with Crippen LogP contribution in [0.3, 0.4) is 0 Å². The van der Waals surface area contributed by atoms with Crippen LogP contribution >= 0.6 is 0 Å². The Balaban J connectivity index is 1.69. The Morgan fingerprint density at radius 3 is 2.73 bits per heavy atom. The van der Waals surface area contributed by atoms with E-state index in [4.69, 9.17) is 14.2 Å². The van der Waals surface area contributed by atoms with Gasteiger partial charge in [0.2, 0.25) is 0 Å². The van der Waals surface area contributed by atoms with Gasteiger partial charge < -0.3 is 19.5 Å². The predicted octanol–water partition coefficient (Wildman–Crippen LogP) is 2.40. The number of rotatable bonds is 4. The Hall–Kier alpha value is -2.69. The number of hydrogen-bond donors (Lipinski definition) is 1. The van der Waals surface area contributed by atoms with Crippen molar-refractivity contribution in [2.75, 3.05) is 20.3 Å². The SMILES string of the molecule is COc1ccccc1CNC(=O)c1ccc2c(c1)OCCO2. The summed E-state index contributed by atoms with van der Waals surface area (Å²) in [4.78, 5) is 12.3. The van der Waals surface area contributed by atoms with E-state index in [1.807, 2.05) is 24.3 Å². The van der Waals surface area contributed by atoms with Crippen molar-refractivity contribution in [1.82, 2.24) is 5.32 Å². The third-order valence-corrected chi connectivity index (χ3v) is 3.44. The Bertz CT molecular complexity index is 684. The van der Waals surface area contributed by atoms with Crippen LogP contribution in [-0.2, 0) is 6.54 Å². The fourth-order valence-electron chi connectivity index (χ4n) is 2.31. The molecule has 0 aliphatic carbocycles. The molecule has 0 atom stereocenters. The quantitative estimate of drug-likeness (QED) is 0.942.